The minimum Gasteiger partial charge on any atom is -0.453 e. The van der Waals surface area contributed by atoms with Gasteiger partial charge in [-0.15, -0.1) is 0 Å². The molecule has 0 aliphatic rings. The fourth-order valence-electron chi connectivity index (χ4n) is 1.92. The van der Waals surface area contributed by atoms with Crippen LogP contribution in [0.2, 0.25) is 0 Å². The molecule has 4 nitrogen and oxygen atoms in total. The number of nitrogen functional groups attached to an aromatic ring is 1. The van der Waals surface area contributed by atoms with Gasteiger partial charge in [0.2, 0.25) is 0 Å². The van der Waals surface area contributed by atoms with Crippen LogP contribution in [0.25, 0.3) is 21.5 Å². The van der Waals surface area contributed by atoms with Gasteiger partial charge in [0, 0.05) is 5.56 Å². The number of hydrogen-bond acceptors (Lipinski definition) is 5. The number of aryl methyl sites for hydroxylation is 1. The molecule has 1 aromatic carbocycles. The summed E-state index contributed by atoms with van der Waals surface area (Å²) in [6, 6.07) is 7.40. The zero-order valence-electron chi connectivity index (χ0n) is 9.64. The summed E-state index contributed by atoms with van der Waals surface area (Å²) in [5.41, 5.74) is 8.54. The van der Waals surface area contributed by atoms with Crippen LogP contribution < -0.4 is 5.73 Å². The average Bonchev–Trinajstić information content (AvgIpc) is 2.92. The molecule has 0 aliphatic carbocycles. The van der Waals surface area contributed by atoms with Crippen molar-refractivity contribution in [2.75, 3.05) is 5.73 Å². The zero-order chi connectivity index (χ0) is 12.7. The van der Waals surface area contributed by atoms with Crippen LogP contribution in [-0.2, 0) is 0 Å². The Hall–Kier alpha value is -2.14. The zero-order valence-corrected chi connectivity index (χ0v) is 10.5. The van der Waals surface area contributed by atoms with Crippen LogP contribution in [-0.4, -0.2) is 11.3 Å². The molecular weight excluding hydrogens is 248 g/mol. The molecule has 0 radical (unpaired) electrons. The molecule has 0 unspecified atom stereocenters. The third kappa shape index (κ3) is 1.69. The molecule has 5 heteroatoms. The molecule has 3 rings (SSSR count). The minimum atomic E-state index is 0.322. The van der Waals surface area contributed by atoms with E-state index in [1.54, 1.807) is 12.1 Å². The van der Waals surface area contributed by atoms with Crippen molar-refractivity contribution in [2.45, 2.75) is 6.92 Å². The molecule has 0 saturated heterocycles. The van der Waals surface area contributed by atoms with Crippen molar-refractivity contribution < 1.29 is 9.21 Å². The number of aromatic nitrogens is 1. The molecule has 0 atom stereocenters. The van der Waals surface area contributed by atoms with Crippen molar-refractivity contribution in [2.24, 2.45) is 0 Å². The first-order valence-corrected chi connectivity index (χ1v) is 6.21. The fourth-order valence-corrected chi connectivity index (χ4v) is 2.73. The van der Waals surface area contributed by atoms with E-state index in [2.05, 4.69) is 4.98 Å². The van der Waals surface area contributed by atoms with Gasteiger partial charge in [-0.05, 0) is 36.8 Å². The predicted molar refractivity (Wildman–Crippen MR) is 71.9 cm³/mol. The SMILES string of the molecule is Cc1cc2sc(N)nc2cc1-c1ccc(C=O)o1. The molecule has 0 aliphatic heterocycles. The van der Waals surface area contributed by atoms with Crippen LogP contribution in [0.1, 0.15) is 16.1 Å². The number of thiazole rings is 1. The topological polar surface area (TPSA) is 69.1 Å². The summed E-state index contributed by atoms with van der Waals surface area (Å²) in [5.74, 6) is 0.991. The number of aldehydes is 1. The second kappa shape index (κ2) is 3.96. The Morgan fingerprint density at radius 2 is 2.22 bits per heavy atom. The summed E-state index contributed by atoms with van der Waals surface area (Å²) >= 11 is 1.46. The van der Waals surface area contributed by atoms with Gasteiger partial charge in [-0.2, -0.15) is 0 Å². The molecule has 0 amide bonds. The van der Waals surface area contributed by atoms with Crippen LogP contribution in [0, 0.1) is 6.92 Å². The number of nitrogens with zero attached hydrogens (tertiary/aromatic N) is 1. The van der Waals surface area contributed by atoms with Gasteiger partial charge in [0.1, 0.15) is 5.76 Å². The lowest BCUT2D eigenvalue weighted by Crippen LogP contribution is -1.82. The van der Waals surface area contributed by atoms with E-state index in [1.165, 1.54) is 11.3 Å². The molecular formula is C13H10N2O2S. The van der Waals surface area contributed by atoms with E-state index in [0.717, 1.165) is 21.3 Å². The van der Waals surface area contributed by atoms with Crippen LogP contribution in [0.5, 0.6) is 0 Å². The number of carbonyl (C=O) groups is 1. The Morgan fingerprint density at radius 3 is 2.94 bits per heavy atom. The van der Waals surface area contributed by atoms with Crippen molar-refractivity contribution in [1.29, 1.82) is 0 Å². The van der Waals surface area contributed by atoms with Gasteiger partial charge in [0.05, 0.1) is 10.2 Å². The highest BCUT2D eigenvalue weighted by molar-refractivity contribution is 7.22. The molecule has 90 valence electrons. The summed E-state index contributed by atoms with van der Waals surface area (Å²) < 4.78 is 6.48. The van der Waals surface area contributed by atoms with Gasteiger partial charge in [-0.1, -0.05) is 11.3 Å². The number of benzene rings is 1. The highest BCUT2D eigenvalue weighted by Crippen LogP contribution is 2.32. The number of rotatable bonds is 2. The van der Waals surface area contributed by atoms with Crippen molar-refractivity contribution in [3.63, 3.8) is 0 Å². The highest BCUT2D eigenvalue weighted by Gasteiger charge is 2.11. The average molecular weight is 258 g/mol. The van der Waals surface area contributed by atoms with Crippen molar-refractivity contribution in [3.8, 4) is 11.3 Å². The molecule has 0 saturated carbocycles. The molecule has 0 bridgehead atoms. The largest absolute Gasteiger partial charge is 0.453 e. The predicted octanol–water partition coefficient (Wildman–Crippen LogP) is 3.26. The maximum atomic E-state index is 10.6. The van der Waals surface area contributed by atoms with Crippen molar-refractivity contribution in [1.82, 2.24) is 4.98 Å². The third-order valence-corrected chi connectivity index (χ3v) is 3.61. The summed E-state index contributed by atoms with van der Waals surface area (Å²) in [4.78, 5) is 14.9. The van der Waals surface area contributed by atoms with Gasteiger partial charge >= 0.3 is 0 Å². The number of nitrogens with two attached hydrogens (primary N) is 1. The second-order valence-electron chi connectivity index (χ2n) is 4.01. The number of fused-ring (bicyclic) bond motifs is 1. The van der Waals surface area contributed by atoms with E-state index >= 15 is 0 Å². The molecule has 0 spiro atoms. The van der Waals surface area contributed by atoms with E-state index in [-0.39, 0.29) is 0 Å². The fraction of sp³-hybridized carbons (Fsp3) is 0.0769. The Labute approximate surface area is 107 Å². The van der Waals surface area contributed by atoms with E-state index in [0.29, 0.717) is 22.9 Å². The van der Waals surface area contributed by atoms with Gasteiger partial charge < -0.3 is 10.2 Å². The summed E-state index contributed by atoms with van der Waals surface area (Å²) in [6.07, 6.45) is 0.693. The lowest BCUT2D eigenvalue weighted by atomic mass is 10.1. The van der Waals surface area contributed by atoms with Gasteiger partial charge in [0.15, 0.2) is 17.2 Å². The second-order valence-corrected chi connectivity index (χ2v) is 5.07. The minimum absolute atomic E-state index is 0.322. The monoisotopic (exact) mass is 258 g/mol. The quantitative estimate of drug-likeness (QED) is 0.716. The van der Waals surface area contributed by atoms with Gasteiger partial charge in [-0.3, -0.25) is 4.79 Å². The molecule has 0 fully saturated rings. The van der Waals surface area contributed by atoms with Gasteiger partial charge in [0.25, 0.3) is 0 Å². The summed E-state index contributed by atoms with van der Waals surface area (Å²) in [6.45, 7) is 1.99. The Balaban J connectivity index is 2.21. The first-order chi connectivity index (χ1) is 8.67. The van der Waals surface area contributed by atoms with Gasteiger partial charge in [-0.25, -0.2) is 4.98 Å². The Morgan fingerprint density at radius 1 is 1.39 bits per heavy atom. The van der Waals surface area contributed by atoms with Crippen LogP contribution in [0.4, 0.5) is 5.13 Å². The standard InChI is InChI=1S/C13H10N2O2S/c1-7-4-12-10(15-13(14)18-12)5-9(7)11-3-2-8(6-16)17-11/h2-6H,1H3,(H2,14,15). The molecule has 2 heterocycles. The van der Waals surface area contributed by atoms with Crippen molar-refractivity contribution >= 4 is 33.0 Å². The van der Waals surface area contributed by atoms with E-state index in [1.807, 2.05) is 19.1 Å². The van der Waals surface area contributed by atoms with Crippen LogP contribution in [0.3, 0.4) is 0 Å². The normalized spacial score (nSPS) is 10.9. The Kier molecular flexibility index (Phi) is 2.41. The first kappa shape index (κ1) is 11.0. The van der Waals surface area contributed by atoms with E-state index in [4.69, 9.17) is 10.2 Å². The highest BCUT2D eigenvalue weighted by atomic mass is 32.1. The summed E-state index contributed by atoms with van der Waals surface area (Å²) in [7, 11) is 0. The smallest absolute Gasteiger partial charge is 0.185 e. The van der Waals surface area contributed by atoms with Crippen LogP contribution >= 0.6 is 11.3 Å². The lowest BCUT2D eigenvalue weighted by molar-refractivity contribution is 0.110. The first-order valence-electron chi connectivity index (χ1n) is 5.39. The molecule has 18 heavy (non-hydrogen) atoms. The molecule has 2 aromatic heterocycles. The third-order valence-electron chi connectivity index (χ3n) is 2.76. The van der Waals surface area contributed by atoms with Crippen LogP contribution in [0.15, 0.2) is 28.7 Å². The van der Waals surface area contributed by atoms with E-state index in [9.17, 15) is 4.79 Å². The number of furan rings is 1. The lowest BCUT2D eigenvalue weighted by Gasteiger charge is -2.02. The Bertz CT molecular complexity index is 743. The number of carbonyl (C=O) groups excluding carboxylic acids is 1. The van der Waals surface area contributed by atoms with Crippen molar-refractivity contribution in [3.05, 3.63) is 35.6 Å². The number of hydrogen-bond donors (Lipinski definition) is 1. The summed E-state index contributed by atoms with van der Waals surface area (Å²) in [5, 5.41) is 0.551. The molecule has 2 N–H and O–H groups in total. The maximum Gasteiger partial charge on any atom is 0.185 e. The number of anilines is 1. The maximum absolute atomic E-state index is 10.6. The van der Waals surface area contributed by atoms with E-state index < -0.39 is 0 Å². The molecule has 3 aromatic rings.